The van der Waals surface area contributed by atoms with Gasteiger partial charge in [0.05, 0.1) is 5.70 Å². The van der Waals surface area contributed by atoms with Gasteiger partial charge in [-0.3, -0.25) is 9.78 Å². The summed E-state index contributed by atoms with van der Waals surface area (Å²) in [5.41, 5.74) is 9.58. The molecule has 0 aliphatic rings. The Morgan fingerprint density at radius 3 is 2.61 bits per heavy atom. The van der Waals surface area contributed by atoms with E-state index in [9.17, 15) is 4.79 Å². The van der Waals surface area contributed by atoms with Crippen LogP contribution in [0.2, 0.25) is 0 Å². The molecular formula is C14H21N3O. The summed E-state index contributed by atoms with van der Waals surface area (Å²) in [6, 6.07) is 3.94. The molecule has 4 heteroatoms. The standard InChI is InChI=1S/C14H21N3O/c1-5-6-12-11(8-7-9(2)17-12)13(16-4)10(3)14(15)18/h7-8,16H,5-6H2,1-4H3,(H2,15,18)/b13-10-. The van der Waals surface area contributed by atoms with Gasteiger partial charge < -0.3 is 11.1 Å². The van der Waals surface area contributed by atoms with Crippen LogP contribution in [-0.2, 0) is 11.2 Å². The first-order valence-electron chi connectivity index (χ1n) is 6.16. The summed E-state index contributed by atoms with van der Waals surface area (Å²) in [4.78, 5) is 15.9. The van der Waals surface area contributed by atoms with E-state index in [1.165, 1.54) is 0 Å². The van der Waals surface area contributed by atoms with Crippen molar-refractivity contribution in [3.8, 4) is 0 Å². The molecular weight excluding hydrogens is 226 g/mol. The molecule has 3 N–H and O–H groups in total. The monoisotopic (exact) mass is 247 g/mol. The highest BCUT2D eigenvalue weighted by atomic mass is 16.1. The fraction of sp³-hybridized carbons (Fsp3) is 0.429. The number of hydrogen-bond donors (Lipinski definition) is 2. The normalized spacial score (nSPS) is 12.0. The highest BCUT2D eigenvalue weighted by molar-refractivity contribution is 5.99. The van der Waals surface area contributed by atoms with Crippen molar-refractivity contribution in [1.29, 1.82) is 0 Å². The van der Waals surface area contributed by atoms with E-state index in [2.05, 4.69) is 17.2 Å². The Morgan fingerprint density at radius 2 is 2.11 bits per heavy atom. The van der Waals surface area contributed by atoms with Gasteiger partial charge in [-0.2, -0.15) is 0 Å². The first-order valence-corrected chi connectivity index (χ1v) is 6.16. The third-order valence-electron chi connectivity index (χ3n) is 2.86. The number of hydrogen-bond acceptors (Lipinski definition) is 3. The number of nitrogens with two attached hydrogens (primary N) is 1. The van der Waals surface area contributed by atoms with Gasteiger partial charge in [-0.25, -0.2) is 0 Å². The lowest BCUT2D eigenvalue weighted by Crippen LogP contribution is -2.19. The number of nitrogens with zero attached hydrogens (tertiary/aromatic N) is 1. The fourth-order valence-electron chi connectivity index (χ4n) is 1.91. The summed E-state index contributed by atoms with van der Waals surface area (Å²) >= 11 is 0. The van der Waals surface area contributed by atoms with Gasteiger partial charge >= 0.3 is 0 Å². The average molecular weight is 247 g/mol. The molecule has 1 amide bonds. The van der Waals surface area contributed by atoms with Gasteiger partial charge in [0.2, 0.25) is 5.91 Å². The van der Waals surface area contributed by atoms with Gasteiger partial charge in [-0.1, -0.05) is 13.3 Å². The molecule has 0 aliphatic carbocycles. The van der Waals surface area contributed by atoms with Crippen molar-refractivity contribution in [2.45, 2.75) is 33.6 Å². The summed E-state index contributed by atoms with van der Waals surface area (Å²) in [7, 11) is 1.79. The summed E-state index contributed by atoms with van der Waals surface area (Å²) < 4.78 is 0. The zero-order valence-corrected chi connectivity index (χ0v) is 11.5. The van der Waals surface area contributed by atoms with Crippen LogP contribution in [0.1, 0.15) is 37.2 Å². The number of aryl methyl sites for hydroxylation is 2. The van der Waals surface area contributed by atoms with Crippen LogP contribution in [0.3, 0.4) is 0 Å². The predicted molar refractivity (Wildman–Crippen MR) is 73.8 cm³/mol. The number of primary amides is 1. The third kappa shape index (κ3) is 3.09. The fourth-order valence-corrected chi connectivity index (χ4v) is 1.91. The quantitative estimate of drug-likeness (QED) is 0.779. The molecule has 1 aromatic rings. The van der Waals surface area contributed by atoms with Crippen LogP contribution in [0.25, 0.3) is 5.70 Å². The molecule has 4 nitrogen and oxygen atoms in total. The maximum Gasteiger partial charge on any atom is 0.246 e. The number of aromatic nitrogens is 1. The molecule has 0 fully saturated rings. The van der Waals surface area contributed by atoms with E-state index < -0.39 is 5.91 Å². The SMILES string of the molecule is CCCc1nc(C)ccc1/C(NC)=C(\C)C(N)=O. The van der Waals surface area contributed by atoms with Crippen molar-refractivity contribution >= 4 is 11.6 Å². The lowest BCUT2D eigenvalue weighted by Gasteiger charge is -2.14. The Hall–Kier alpha value is -1.84. The molecule has 0 atom stereocenters. The van der Waals surface area contributed by atoms with Gasteiger partial charge in [0.25, 0.3) is 0 Å². The first kappa shape index (κ1) is 14.2. The number of carbonyl (C=O) groups excluding carboxylic acids is 1. The third-order valence-corrected chi connectivity index (χ3v) is 2.86. The highest BCUT2D eigenvalue weighted by Gasteiger charge is 2.13. The highest BCUT2D eigenvalue weighted by Crippen LogP contribution is 2.20. The van der Waals surface area contributed by atoms with E-state index in [4.69, 9.17) is 5.73 Å². The Balaban J connectivity index is 3.38. The van der Waals surface area contributed by atoms with E-state index in [1.54, 1.807) is 14.0 Å². The second-order valence-electron chi connectivity index (χ2n) is 4.31. The van der Waals surface area contributed by atoms with Crippen LogP contribution in [0.4, 0.5) is 0 Å². The Bertz CT molecular complexity index is 478. The zero-order valence-electron chi connectivity index (χ0n) is 11.5. The minimum absolute atomic E-state index is 0.414. The van der Waals surface area contributed by atoms with Gasteiger partial charge in [0, 0.05) is 29.6 Å². The lowest BCUT2D eigenvalue weighted by atomic mass is 10.0. The number of pyridine rings is 1. The maximum atomic E-state index is 11.3. The largest absolute Gasteiger partial charge is 0.387 e. The van der Waals surface area contributed by atoms with Crippen molar-refractivity contribution in [2.24, 2.45) is 5.73 Å². The smallest absolute Gasteiger partial charge is 0.246 e. The van der Waals surface area contributed by atoms with E-state index in [0.29, 0.717) is 5.57 Å². The van der Waals surface area contributed by atoms with Crippen molar-refractivity contribution in [3.63, 3.8) is 0 Å². The Morgan fingerprint density at radius 1 is 1.44 bits per heavy atom. The number of amides is 1. The van der Waals surface area contributed by atoms with Gasteiger partial charge in [0.1, 0.15) is 0 Å². The topological polar surface area (TPSA) is 68.0 Å². The van der Waals surface area contributed by atoms with Gasteiger partial charge in [-0.05, 0) is 32.4 Å². The second kappa shape index (κ2) is 6.19. The summed E-state index contributed by atoms with van der Waals surface area (Å²) in [5, 5.41) is 3.06. The number of nitrogens with one attached hydrogen (secondary N) is 1. The van der Waals surface area contributed by atoms with E-state index in [0.717, 1.165) is 35.5 Å². The molecule has 0 saturated heterocycles. The van der Waals surface area contributed by atoms with Crippen LogP contribution < -0.4 is 11.1 Å². The molecule has 1 heterocycles. The molecule has 0 bridgehead atoms. The van der Waals surface area contributed by atoms with E-state index in [1.807, 2.05) is 19.1 Å². The number of carbonyl (C=O) groups is 1. The molecule has 1 rings (SSSR count). The molecule has 18 heavy (non-hydrogen) atoms. The molecule has 98 valence electrons. The second-order valence-corrected chi connectivity index (χ2v) is 4.31. The van der Waals surface area contributed by atoms with E-state index >= 15 is 0 Å². The average Bonchev–Trinajstić information content (AvgIpc) is 2.32. The summed E-state index contributed by atoms with van der Waals surface area (Å²) in [5.74, 6) is -0.414. The molecule has 0 spiro atoms. The van der Waals surface area contributed by atoms with Gasteiger partial charge in [-0.15, -0.1) is 0 Å². The zero-order chi connectivity index (χ0) is 13.7. The molecule has 0 radical (unpaired) electrons. The molecule has 0 aromatic carbocycles. The number of rotatable bonds is 5. The van der Waals surface area contributed by atoms with Crippen molar-refractivity contribution < 1.29 is 4.79 Å². The first-order chi connectivity index (χ1) is 8.51. The van der Waals surface area contributed by atoms with Crippen molar-refractivity contribution in [2.75, 3.05) is 7.05 Å². The molecule has 0 unspecified atom stereocenters. The Labute approximate surface area is 108 Å². The van der Waals surface area contributed by atoms with Gasteiger partial charge in [0.15, 0.2) is 0 Å². The van der Waals surface area contributed by atoms with Crippen LogP contribution in [0.15, 0.2) is 17.7 Å². The lowest BCUT2D eigenvalue weighted by molar-refractivity contribution is -0.114. The van der Waals surface area contributed by atoms with Crippen LogP contribution in [0.5, 0.6) is 0 Å². The molecule has 0 aliphatic heterocycles. The van der Waals surface area contributed by atoms with Crippen molar-refractivity contribution in [3.05, 3.63) is 34.7 Å². The molecule has 1 aromatic heterocycles. The van der Waals surface area contributed by atoms with E-state index in [-0.39, 0.29) is 0 Å². The van der Waals surface area contributed by atoms with Crippen LogP contribution >= 0.6 is 0 Å². The summed E-state index contributed by atoms with van der Waals surface area (Å²) in [6.45, 7) is 5.80. The van der Waals surface area contributed by atoms with Crippen LogP contribution in [-0.4, -0.2) is 17.9 Å². The van der Waals surface area contributed by atoms with Crippen molar-refractivity contribution in [1.82, 2.24) is 10.3 Å². The predicted octanol–water partition coefficient (Wildman–Crippen LogP) is 1.78. The maximum absolute atomic E-state index is 11.3. The minimum Gasteiger partial charge on any atom is -0.387 e. The minimum atomic E-state index is -0.414. The van der Waals surface area contributed by atoms with Crippen LogP contribution in [0, 0.1) is 6.92 Å². The Kier molecular flexibility index (Phi) is 4.89. The summed E-state index contributed by atoms with van der Waals surface area (Å²) in [6.07, 6.45) is 1.89. The molecule has 0 saturated carbocycles.